The number of nitrogens with two attached hydrogens (primary N) is 2. The van der Waals surface area contributed by atoms with Gasteiger partial charge in [-0.15, -0.1) is 0 Å². The minimum Gasteiger partial charge on any atom is -0.330 e. The van der Waals surface area contributed by atoms with Crippen LogP contribution in [0.1, 0.15) is 19.3 Å². The van der Waals surface area contributed by atoms with E-state index in [0.29, 0.717) is 5.41 Å². The molecule has 0 aromatic rings. The van der Waals surface area contributed by atoms with E-state index in [1.54, 1.807) is 0 Å². The molecular formula is C6H14N2Pt. The van der Waals surface area contributed by atoms with Gasteiger partial charge in [-0.25, -0.2) is 0 Å². The maximum absolute atomic E-state index is 5.50. The zero-order valence-corrected chi connectivity index (χ0v) is 7.78. The van der Waals surface area contributed by atoms with E-state index in [2.05, 4.69) is 0 Å². The molecule has 1 aliphatic rings. The maximum atomic E-state index is 5.50. The normalized spacial score (nSPS) is 22.0. The van der Waals surface area contributed by atoms with E-state index in [1.165, 1.54) is 19.3 Å². The molecule has 58 valence electrons. The average Bonchev–Trinajstić information content (AvgIpc) is 1.67. The molecule has 0 aliphatic heterocycles. The van der Waals surface area contributed by atoms with Crippen LogP contribution in [0.4, 0.5) is 0 Å². The van der Waals surface area contributed by atoms with Gasteiger partial charge in [0.2, 0.25) is 0 Å². The minimum atomic E-state index is 0. The third-order valence-electron chi connectivity index (χ3n) is 2.28. The van der Waals surface area contributed by atoms with Gasteiger partial charge in [0, 0.05) is 21.1 Å². The first-order valence-electron chi connectivity index (χ1n) is 3.23. The Bertz CT molecular complexity index is 67.6. The van der Waals surface area contributed by atoms with E-state index in [9.17, 15) is 0 Å². The van der Waals surface area contributed by atoms with Crippen molar-refractivity contribution in [2.45, 2.75) is 19.3 Å². The van der Waals surface area contributed by atoms with Crippen molar-refractivity contribution in [3.05, 3.63) is 0 Å². The Morgan fingerprint density at radius 3 is 1.56 bits per heavy atom. The fraction of sp³-hybridized carbons (Fsp3) is 1.00. The molecule has 0 unspecified atom stereocenters. The van der Waals surface area contributed by atoms with Crippen LogP contribution in [0.2, 0.25) is 0 Å². The number of rotatable bonds is 2. The standard InChI is InChI=1S/C6H14N2.Pt/c7-4-6(5-8)2-1-3-6;/h1-5,7-8H2;. The summed E-state index contributed by atoms with van der Waals surface area (Å²) in [6.45, 7) is 1.56. The first kappa shape index (κ1) is 9.61. The molecule has 0 aromatic carbocycles. The molecule has 1 saturated carbocycles. The number of hydrogen-bond acceptors (Lipinski definition) is 2. The van der Waals surface area contributed by atoms with E-state index >= 15 is 0 Å². The van der Waals surface area contributed by atoms with Crippen molar-refractivity contribution in [1.29, 1.82) is 0 Å². The second kappa shape index (κ2) is 3.70. The molecule has 0 radical (unpaired) electrons. The predicted molar refractivity (Wildman–Crippen MR) is 34.4 cm³/mol. The van der Waals surface area contributed by atoms with Gasteiger partial charge in [0.05, 0.1) is 0 Å². The Balaban J connectivity index is 0.000000640. The Labute approximate surface area is 70.6 Å². The van der Waals surface area contributed by atoms with Gasteiger partial charge in [-0.2, -0.15) is 0 Å². The van der Waals surface area contributed by atoms with E-state index in [-0.39, 0.29) is 21.1 Å². The van der Waals surface area contributed by atoms with Crippen molar-refractivity contribution in [2.75, 3.05) is 13.1 Å². The molecule has 0 bridgehead atoms. The first-order chi connectivity index (χ1) is 3.83. The van der Waals surface area contributed by atoms with Gasteiger partial charge in [0.25, 0.3) is 0 Å². The van der Waals surface area contributed by atoms with Crippen molar-refractivity contribution in [3.8, 4) is 0 Å². The Hall–Kier alpha value is 0.608. The molecular weight excluding hydrogens is 295 g/mol. The predicted octanol–water partition coefficient (Wildman–Crippen LogP) is 0.0716. The quantitative estimate of drug-likeness (QED) is 0.759. The van der Waals surface area contributed by atoms with Gasteiger partial charge in [0.1, 0.15) is 0 Å². The van der Waals surface area contributed by atoms with Crippen LogP contribution in [-0.4, -0.2) is 13.1 Å². The van der Waals surface area contributed by atoms with Crippen LogP contribution in [0.3, 0.4) is 0 Å². The third kappa shape index (κ3) is 1.76. The molecule has 0 saturated heterocycles. The Morgan fingerprint density at radius 2 is 1.56 bits per heavy atom. The third-order valence-corrected chi connectivity index (χ3v) is 2.28. The zero-order valence-electron chi connectivity index (χ0n) is 5.51. The van der Waals surface area contributed by atoms with E-state index in [0.717, 1.165) is 13.1 Å². The molecule has 0 atom stereocenters. The monoisotopic (exact) mass is 309 g/mol. The molecule has 1 rings (SSSR count). The van der Waals surface area contributed by atoms with Crippen molar-refractivity contribution in [1.82, 2.24) is 0 Å². The van der Waals surface area contributed by atoms with Gasteiger partial charge in [-0.05, 0) is 31.3 Å². The summed E-state index contributed by atoms with van der Waals surface area (Å²) in [6.07, 6.45) is 3.83. The summed E-state index contributed by atoms with van der Waals surface area (Å²) in [5, 5.41) is 0. The van der Waals surface area contributed by atoms with Crippen molar-refractivity contribution in [3.63, 3.8) is 0 Å². The van der Waals surface area contributed by atoms with Crippen LogP contribution in [0.25, 0.3) is 0 Å². The summed E-state index contributed by atoms with van der Waals surface area (Å²) in [4.78, 5) is 0. The molecule has 1 fully saturated rings. The molecule has 0 heterocycles. The second-order valence-corrected chi connectivity index (χ2v) is 2.76. The minimum absolute atomic E-state index is 0. The van der Waals surface area contributed by atoms with Crippen molar-refractivity contribution >= 4 is 0 Å². The van der Waals surface area contributed by atoms with E-state index in [4.69, 9.17) is 11.5 Å². The van der Waals surface area contributed by atoms with Crippen LogP contribution in [0.5, 0.6) is 0 Å². The Kier molecular flexibility index (Phi) is 3.95. The molecule has 1 aliphatic carbocycles. The number of hydrogen-bond donors (Lipinski definition) is 2. The summed E-state index contributed by atoms with van der Waals surface area (Å²) in [5.41, 5.74) is 11.4. The van der Waals surface area contributed by atoms with E-state index < -0.39 is 0 Å². The SMILES string of the molecule is NCC1(CN)CCC1.[Pt]. The molecule has 4 N–H and O–H groups in total. The summed E-state index contributed by atoms with van der Waals surface area (Å²) < 4.78 is 0. The largest absolute Gasteiger partial charge is 0.330 e. The van der Waals surface area contributed by atoms with Gasteiger partial charge in [-0.1, -0.05) is 6.42 Å². The maximum Gasteiger partial charge on any atom is 0 e. The van der Waals surface area contributed by atoms with Crippen LogP contribution in [0.15, 0.2) is 0 Å². The van der Waals surface area contributed by atoms with Crippen LogP contribution in [0, 0.1) is 5.41 Å². The zero-order chi connectivity index (χ0) is 6.04. The summed E-state index contributed by atoms with van der Waals surface area (Å²) in [6, 6.07) is 0. The molecule has 0 spiro atoms. The second-order valence-electron chi connectivity index (χ2n) is 2.76. The van der Waals surface area contributed by atoms with Crippen LogP contribution < -0.4 is 11.5 Å². The van der Waals surface area contributed by atoms with Crippen LogP contribution in [-0.2, 0) is 21.1 Å². The molecule has 2 nitrogen and oxygen atoms in total. The topological polar surface area (TPSA) is 52.0 Å². The van der Waals surface area contributed by atoms with E-state index in [1.807, 2.05) is 0 Å². The average molecular weight is 309 g/mol. The molecule has 0 aromatic heterocycles. The summed E-state index contributed by atoms with van der Waals surface area (Å²) in [5.74, 6) is 0. The molecule has 3 heteroatoms. The van der Waals surface area contributed by atoms with Gasteiger partial charge >= 0.3 is 0 Å². The van der Waals surface area contributed by atoms with Crippen LogP contribution >= 0.6 is 0 Å². The molecule has 0 amide bonds. The fourth-order valence-electron chi connectivity index (χ4n) is 1.17. The summed E-state index contributed by atoms with van der Waals surface area (Å²) >= 11 is 0. The first-order valence-corrected chi connectivity index (χ1v) is 3.23. The van der Waals surface area contributed by atoms with Crippen molar-refractivity contribution in [2.24, 2.45) is 16.9 Å². The molecule has 9 heavy (non-hydrogen) atoms. The van der Waals surface area contributed by atoms with Crippen molar-refractivity contribution < 1.29 is 21.1 Å². The fourth-order valence-corrected chi connectivity index (χ4v) is 1.17. The smallest absolute Gasteiger partial charge is 0 e. The Morgan fingerprint density at radius 1 is 1.11 bits per heavy atom. The van der Waals surface area contributed by atoms with Gasteiger partial charge < -0.3 is 11.5 Å². The summed E-state index contributed by atoms with van der Waals surface area (Å²) in [7, 11) is 0. The van der Waals surface area contributed by atoms with Gasteiger partial charge in [-0.3, -0.25) is 0 Å². The van der Waals surface area contributed by atoms with Gasteiger partial charge in [0.15, 0.2) is 0 Å².